The van der Waals surface area contributed by atoms with Crippen LogP contribution in [0.2, 0.25) is 0 Å². The number of nitrogens with zero attached hydrogens (tertiary/aromatic N) is 1. The Morgan fingerprint density at radius 2 is 1.88 bits per heavy atom. The minimum absolute atomic E-state index is 0.250. The highest BCUT2D eigenvalue weighted by atomic mass is 16.5. The minimum atomic E-state index is -0.924. The van der Waals surface area contributed by atoms with Gasteiger partial charge in [0, 0.05) is 11.8 Å². The summed E-state index contributed by atoms with van der Waals surface area (Å²) in [6.45, 7) is 10.3. The molecule has 0 aliphatic carbocycles. The summed E-state index contributed by atoms with van der Waals surface area (Å²) in [7, 11) is 0. The Morgan fingerprint density at radius 3 is 2.38 bits per heavy atom. The Kier molecular flexibility index (Phi) is 3.58. The molecule has 90 valence electrons. The fraction of sp³-hybridized carbons (Fsp3) is 0.615. The molecular weight excluding hydrogens is 202 g/mol. The first-order valence-corrected chi connectivity index (χ1v) is 5.59. The highest BCUT2D eigenvalue weighted by Crippen LogP contribution is 2.39. The molecular formula is C13H21NO2. The molecule has 16 heavy (non-hydrogen) atoms. The van der Waals surface area contributed by atoms with E-state index in [1.165, 1.54) is 0 Å². The van der Waals surface area contributed by atoms with Crippen LogP contribution in [0.5, 0.6) is 5.75 Å². The Morgan fingerprint density at radius 1 is 1.25 bits per heavy atom. The summed E-state index contributed by atoms with van der Waals surface area (Å²) in [4.78, 5) is 4.10. The first-order valence-electron chi connectivity index (χ1n) is 5.59. The average Bonchev–Trinajstić information content (AvgIpc) is 2.17. The summed E-state index contributed by atoms with van der Waals surface area (Å²) in [5, 5.41) is 10.5. The van der Waals surface area contributed by atoms with Gasteiger partial charge in [-0.1, -0.05) is 20.8 Å². The van der Waals surface area contributed by atoms with Crippen LogP contribution in [-0.4, -0.2) is 16.7 Å². The Hall–Kier alpha value is -1.09. The second kappa shape index (κ2) is 4.42. The van der Waals surface area contributed by atoms with Crippen molar-refractivity contribution < 1.29 is 9.84 Å². The van der Waals surface area contributed by atoms with Gasteiger partial charge >= 0.3 is 0 Å². The van der Waals surface area contributed by atoms with Crippen molar-refractivity contribution in [1.29, 1.82) is 0 Å². The number of pyridine rings is 1. The lowest BCUT2D eigenvalue weighted by Gasteiger charge is -2.37. The third kappa shape index (κ3) is 2.53. The number of ether oxygens (including phenoxy) is 1. The lowest BCUT2D eigenvalue weighted by molar-refractivity contribution is -0.0474. The molecule has 3 nitrogen and oxygen atoms in total. The van der Waals surface area contributed by atoms with Crippen LogP contribution in [0.15, 0.2) is 18.5 Å². The van der Waals surface area contributed by atoms with E-state index in [9.17, 15) is 5.11 Å². The molecule has 1 N–H and O–H groups in total. The van der Waals surface area contributed by atoms with Crippen molar-refractivity contribution in [2.45, 2.75) is 40.2 Å². The van der Waals surface area contributed by atoms with E-state index < -0.39 is 5.60 Å². The molecule has 0 radical (unpaired) electrons. The SMILES string of the molecule is CCOc1cncc(C(C)(O)C(C)(C)C)c1. The standard InChI is InChI=1S/C13H21NO2/c1-6-16-11-7-10(8-14-9-11)13(5,15)12(2,3)4/h7-9,15H,6H2,1-5H3. The fourth-order valence-corrected chi connectivity index (χ4v) is 1.36. The van der Waals surface area contributed by atoms with Gasteiger partial charge in [0.25, 0.3) is 0 Å². The molecule has 1 atom stereocenters. The maximum absolute atomic E-state index is 10.5. The molecule has 0 aromatic carbocycles. The van der Waals surface area contributed by atoms with Crippen LogP contribution >= 0.6 is 0 Å². The van der Waals surface area contributed by atoms with Gasteiger partial charge in [0.2, 0.25) is 0 Å². The molecule has 1 unspecified atom stereocenters. The summed E-state index contributed by atoms with van der Waals surface area (Å²) in [6.07, 6.45) is 3.35. The van der Waals surface area contributed by atoms with Crippen LogP contribution in [0.25, 0.3) is 0 Å². The Bertz CT molecular complexity index is 353. The maximum Gasteiger partial charge on any atom is 0.137 e. The van der Waals surface area contributed by atoms with Gasteiger partial charge in [-0.05, 0) is 25.3 Å². The molecule has 0 aliphatic rings. The van der Waals surface area contributed by atoms with Gasteiger partial charge in [-0.25, -0.2) is 0 Å². The van der Waals surface area contributed by atoms with E-state index in [4.69, 9.17) is 4.74 Å². The molecule has 1 aromatic heterocycles. The van der Waals surface area contributed by atoms with Crippen LogP contribution in [0.3, 0.4) is 0 Å². The Labute approximate surface area is 97.5 Å². The predicted molar refractivity (Wildman–Crippen MR) is 64.4 cm³/mol. The monoisotopic (exact) mass is 223 g/mol. The fourth-order valence-electron chi connectivity index (χ4n) is 1.36. The summed E-state index contributed by atoms with van der Waals surface area (Å²) < 4.78 is 5.38. The smallest absolute Gasteiger partial charge is 0.137 e. The zero-order valence-electron chi connectivity index (χ0n) is 10.7. The number of rotatable bonds is 3. The van der Waals surface area contributed by atoms with Gasteiger partial charge in [-0.3, -0.25) is 4.98 Å². The van der Waals surface area contributed by atoms with Gasteiger partial charge in [-0.15, -0.1) is 0 Å². The highest BCUT2D eigenvalue weighted by Gasteiger charge is 2.37. The molecule has 1 rings (SSSR count). The molecule has 0 bridgehead atoms. The highest BCUT2D eigenvalue weighted by molar-refractivity contribution is 5.29. The number of hydrogen-bond acceptors (Lipinski definition) is 3. The summed E-state index contributed by atoms with van der Waals surface area (Å²) in [6, 6.07) is 1.85. The van der Waals surface area contributed by atoms with Crippen molar-refractivity contribution >= 4 is 0 Å². The summed E-state index contributed by atoms with van der Waals surface area (Å²) in [5.74, 6) is 0.699. The van der Waals surface area contributed by atoms with Crippen LogP contribution in [-0.2, 0) is 5.60 Å². The average molecular weight is 223 g/mol. The quantitative estimate of drug-likeness (QED) is 0.856. The second-order valence-corrected chi connectivity index (χ2v) is 5.16. The van der Waals surface area contributed by atoms with Crippen molar-refractivity contribution in [2.75, 3.05) is 6.61 Å². The molecule has 1 aromatic rings. The normalized spacial score (nSPS) is 15.6. The van der Waals surface area contributed by atoms with Gasteiger partial charge in [0.1, 0.15) is 5.75 Å². The largest absolute Gasteiger partial charge is 0.492 e. The molecule has 0 saturated heterocycles. The number of aliphatic hydroxyl groups is 1. The van der Waals surface area contributed by atoms with Gasteiger partial charge in [0.15, 0.2) is 0 Å². The third-order valence-corrected chi connectivity index (χ3v) is 3.05. The Balaban J connectivity index is 3.08. The van der Waals surface area contributed by atoms with Crippen LogP contribution in [0.1, 0.15) is 40.2 Å². The summed E-state index contributed by atoms with van der Waals surface area (Å²) in [5.41, 5.74) is -0.391. The van der Waals surface area contributed by atoms with E-state index >= 15 is 0 Å². The number of aromatic nitrogens is 1. The third-order valence-electron chi connectivity index (χ3n) is 3.05. The second-order valence-electron chi connectivity index (χ2n) is 5.16. The van der Waals surface area contributed by atoms with Crippen molar-refractivity contribution in [3.8, 4) is 5.75 Å². The molecule has 0 spiro atoms. The van der Waals surface area contributed by atoms with Crippen LogP contribution in [0.4, 0.5) is 0 Å². The maximum atomic E-state index is 10.5. The minimum Gasteiger partial charge on any atom is -0.492 e. The lowest BCUT2D eigenvalue weighted by Crippen LogP contribution is -2.36. The topological polar surface area (TPSA) is 42.4 Å². The number of hydrogen-bond donors (Lipinski definition) is 1. The van der Waals surface area contributed by atoms with E-state index in [1.807, 2.05) is 33.8 Å². The van der Waals surface area contributed by atoms with Gasteiger partial charge in [0.05, 0.1) is 18.4 Å². The van der Waals surface area contributed by atoms with E-state index in [2.05, 4.69) is 4.98 Å². The predicted octanol–water partition coefficient (Wildman–Crippen LogP) is 2.73. The first kappa shape index (κ1) is 13.0. The molecule has 0 aliphatic heterocycles. The molecule has 0 amide bonds. The van der Waals surface area contributed by atoms with E-state index in [0.29, 0.717) is 12.4 Å². The molecule has 3 heteroatoms. The molecule has 0 fully saturated rings. The van der Waals surface area contributed by atoms with Crippen molar-refractivity contribution in [3.05, 3.63) is 24.0 Å². The van der Waals surface area contributed by atoms with Crippen molar-refractivity contribution in [3.63, 3.8) is 0 Å². The summed E-state index contributed by atoms with van der Waals surface area (Å²) >= 11 is 0. The zero-order valence-corrected chi connectivity index (χ0v) is 10.7. The van der Waals surface area contributed by atoms with Crippen LogP contribution in [0, 0.1) is 5.41 Å². The molecule has 0 saturated carbocycles. The van der Waals surface area contributed by atoms with Gasteiger partial charge in [-0.2, -0.15) is 0 Å². The first-order chi connectivity index (χ1) is 7.29. The van der Waals surface area contributed by atoms with E-state index in [1.54, 1.807) is 19.3 Å². The lowest BCUT2D eigenvalue weighted by atomic mass is 9.74. The van der Waals surface area contributed by atoms with Crippen molar-refractivity contribution in [1.82, 2.24) is 4.98 Å². The van der Waals surface area contributed by atoms with Crippen LogP contribution < -0.4 is 4.74 Å². The van der Waals surface area contributed by atoms with Crippen molar-refractivity contribution in [2.24, 2.45) is 5.41 Å². The zero-order chi connectivity index (χ0) is 12.4. The van der Waals surface area contributed by atoms with E-state index in [0.717, 1.165) is 5.56 Å². The van der Waals surface area contributed by atoms with E-state index in [-0.39, 0.29) is 5.41 Å². The molecule has 1 heterocycles. The van der Waals surface area contributed by atoms with Gasteiger partial charge < -0.3 is 9.84 Å².